The van der Waals surface area contributed by atoms with Gasteiger partial charge in [0, 0.05) is 24.3 Å². The van der Waals surface area contributed by atoms with Crippen LogP contribution in [0.4, 0.5) is 13.2 Å². The lowest BCUT2D eigenvalue weighted by Crippen LogP contribution is -2.09. The van der Waals surface area contributed by atoms with Crippen molar-refractivity contribution >= 4 is 10.9 Å². The Labute approximate surface area is 84.3 Å². The van der Waals surface area contributed by atoms with E-state index < -0.39 is 11.9 Å². The van der Waals surface area contributed by atoms with E-state index in [1.54, 1.807) is 30.8 Å². The minimum Gasteiger partial charge on any atom is -0.350 e. The van der Waals surface area contributed by atoms with Crippen LogP contribution < -0.4 is 0 Å². The summed E-state index contributed by atoms with van der Waals surface area (Å²) in [6, 6.07) is 2.83. The summed E-state index contributed by atoms with van der Waals surface area (Å²) in [4.78, 5) is 3.55. The second-order valence-electron chi connectivity index (χ2n) is 3.45. The quantitative estimate of drug-likeness (QED) is 0.659. The Morgan fingerprint density at radius 1 is 1.33 bits per heavy atom. The maximum atomic E-state index is 12.5. The Balaban J connectivity index is 2.76. The fraction of sp³-hybridized carbons (Fsp3) is 0.300. The summed E-state index contributed by atoms with van der Waals surface area (Å²) in [5.74, 6) is 0. The number of aryl methyl sites for hydroxylation is 2. The van der Waals surface area contributed by atoms with Crippen LogP contribution in [0.2, 0.25) is 0 Å². The molecule has 0 spiro atoms. The van der Waals surface area contributed by atoms with E-state index in [4.69, 9.17) is 0 Å². The van der Waals surface area contributed by atoms with Gasteiger partial charge in [-0.05, 0) is 19.1 Å². The molecule has 0 fully saturated rings. The predicted molar refractivity (Wildman–Crippen MR) is 50.5 cm³/mol. The molecule has 0 N–H and O–H groups in total. The van der Waals surface area contributed by atoms with Gasteiger partial charge >= 0.3 is 6.18 Å². The topological polar surface area (TPSA) is 17.8 Å². The van der Waals surface area contributed by atoms with Gasteiger partial charge in [-0.1, -0.05) is 0 Å². The zero-order chi connectivity index (χ0) is 11.2. The summed E-state index contributed by atoms with van der Waals surface area (Å²) < 4.78 is 39.0. The summed E-state index contributed by atoms with van der Waals surface area (Å²) in [5, 5.41) is 0.755. The summed E-state index contributed by atoms with van der Waals surface area (Å²) in [7, 11) is 1.71. The van der Waals surface area contributed by atoms with Gasteiger partial charge in [0.2, 0.25) is 0 Å². The van der Waals surface area contributed by atoms with Gasteiger partial charge in [0.25, 0.3) is 0 Å². The van der Waals surface area contributed by atoms with E-state index in [-0.39, 0.29) is 0 Å². The normalized spacial score (nSPS) is 12.3. The molecule has 80 valence electrons. The average Bonchev–Trinajstić information content (AvgIpc) is 2.47. The van der Waals surface area contributed by atoms with Crippen LogP contribution in [0.25, 0.3) is 10.9 Å². The van der Waals surface area contributed by atoms with E-state index >= 15 is 0 Å². The standard InChI is InChI=1S/C10H9F3N2/c1-6-7-3-4-15(2)8(7)5-9(14-6)10(11,12)13/h3-5H,1-2H3. The van der Waals surface area contributed by atoms with Crippen molar-refractivity contribution in [3.63, 3.8) is 0 Å². The van der Waals surface area contributed by atoms with Crippen molar-refractivity contribution in [3.05, 3.63) is 29.7 Å². The van der Waals surface area contributed by atoms with Crippen LogP contribution in [-0.2, 0) is 13.2 Å². The molecule has 0 unspecified atom stereocenters. The fourth-order valence-electron chi connectivity index (χ4n) is 1.58. The van der Waals surface area contributed by atoms with Gasteiger partial charge in [-0.2, -0.15) is 13.2 Å². The van der Waals surface area contributed by atoms with Gasteiger partial charge in [-0.15, -0.1) is 0 Å². The Morgan fingerprint density at radius 2 is 2.00 bits per heavy atom. The molecule has 0 aromatic carbocycles. The van der Waals surface area contributed by atoms with Crippen molar-refractivity contribution in [3.8, 4) is 0 Å². The molecule has 0 atom stereocenters. The van der Waals surface area contributed by atoms with Crippen LogP contribution in [0.5, 0.6) is 0 Å². The third kappa shape index (κ3) is 1.58. The van der Waals surface area contributed by atoms with Gasteiger partial charge in [-0.3, -0.25) is 0 Å². The monoisotopic (exact) mass is 214 g/mol. The van der Waals surface area contributed by atoms with Crippen molar-refractivity contribution in [2.45, 2.75) is 13.1 Å². The van der Waals surface area contributed by atoms with Gasteiger partial charge in [0.15, 0.2) is 0 Å². The Kier molecular flexibility index (Phi) is 1.99. The second kappa shape index (κ2) is 2.98. The highest BCUT2D eigenvalue weighted by atomic mass is 19.4. The minimum absolute atomic E-state index is 0.403. The SMILES string of the molecule is Cc1nc(C(F)(F)F)cc2c1ccn2C. The van der Waals surface area contributed by atoms with Gasteiger partial charge in [-0.25, -0.2) is 4.98 Å². The molecular formula is C10H9F3N2. The van der Waals surface area contributed by atoms with E-state index in [0.717, 1.165) is 11.5 Å². The number of halogens is 3. The van der Waals surface area contributed by atoms with E-state index in [0.29, 0.717) is 11.2 Å². The lowest BCUT2D eigenvalue weighted by atomic mass is 10.2. The van der Waals surface area contributed by atoms with Crippen LogP contribution in [0.1, 0.15) is 11.4 Å². The van der Waals surface area contributed by atoms with Crippen molar-refractivity contribution in [2.75, 3.05) is 0 Å². The highest BCUT2D eigenvalue weighted by Crippen LogP contribution is 2.30. The van der Waals surface area contributed by atoms with Crippen LogP contribution in [0.15, 0.2) is 18.3 Å². The summed E-state index contributed by atoms with van der Waals surface area (Å²) in [6.07, 6.45) is -2.66. The van der Waals surface area contributed by atoms with Crippen LogP contribution in [-0.4, -0.2) is 9.55 Å². The molecule has 15 heavy (non-hydrogen) atoms. The molecule has 0 amide bonds. The average molecular weight is 214 g/mol. The number of pyridine rings is 1. The molecule has 0 bridgehead atoms. The number of fused-ring (bicyclic) bond motifs is 1. The maximum absolute atomic E-state index is 12.5. The molecule has 0 aliphatic rings. The maximum Gasteiger partial charge on any atom is 0.433 e. The van der Waals surface area contributed by atoms with E-state index in [1.165, 1.54) is 0 Å². The van der Waals surface area contributed by atoms with Crippen LogP contribution >= 0.6 is 0 Å². The number of nitrogens with zero attached hydrogens (tertiary/aromatic N) is 2. The molecule has 0 aliphatic carbocycles. The molecule has 2 aromatic heterocycles. The second-order valence-corrected chi connectivity index (χ2v) is 3.45. The number of hydrogen-bond donors (Lipinski definition) is 0. The van der Waals surface area contributed by atoms with E-state index in [1.807, 2.05) is 0 Å². The van der Waals surface area contributed by atoms with Crippen molar-refractivity contribution < 1.29 is 13.2 Å². The molecule has 2 nitrogen and oxygen atoms in total. The largest absolute Gasteiger partial charge is 0.433 e. The predicted octanol–water partition coefficient (Wildman–Crippen LogP) is 2.90. The molecule has 2 heterocycles. The zero-order valence-corrected chi connectivity index (χ0v) is 8.26. The number of aromatic nitrogens is 2. The lowest BCUT2D eigenvalue weighted by molar-refractivity contribution is -0.141. The number of alkyl halides is 3. The van der Waals surface area contributed by atoms with Crippen LogP contribution in [0, 0.1) is 6.92 Å². The first-order valence-electron chi connectivity index (χ1n) is 4.39. The summed E-state index contributed by atoms with van der Waals surface area (Å²) in [6.45, 7) is 1.58. The number of rotatable bonds is 0. The molecule has 0 saturated heterocycles. The van der Waals surface area contributed by atoms with E-state index in [9.17, 15) is 13.2 Å². The molecule has 0 aliphatic heterocycles. The summed E-state index contributed by atoms with van der Waals surface area (Å²) >= 11 is 0. The third-order valence-electron chi connectivity index (χ3n) is 2.36. The highest BCUT2D eigenvalue weighted by molar-refractivity contribution is 5.82. The fourth-order valence-corrected chi connectivity index (χ4v) is 1.58. The first kappa shape index (κ1) is 10.0. The Bertz CT molecular complexity index is 511. The third-order valence-corrected chi connectivity index (χ3v) is 2.36. The highest BCUT2D eigenvalue weighted by Gasteiger charge is 2.33. The van der Waals surface area contributed by atoms with Gasteiger partial charge < -0.3 is 4.57 Å². The molecule has 5 heteroatoms. The minimum atomic E-state index is -4.39. The smallest absolute Gasteiger partial charge is 0.350 e. The van der Waals surface area contributed by atoms with Crippen molar-refractivity contribution in [2.24, 2.45) is 7.05 Å². The molecule has 2 aromatic rings. The molecule has 0 radical (unpaired) electrons. The first-order chi connectivity index (χ1) is 6.89. The van der Waals surface area contributed by atoms with Crippen molar-refractivity contribution in [1.29, 1.82) is 0 Å². The Hall–Kier alpha value is -1.52. The van der Waals surface area contributed by atoms with Gasteiger partial charge in [0.1, 0.15) is 5.69 Å². The van der Waals surface area contributed by atoms with Crippen molar-refractivity contribution in [1.82, 2.24) is 9.55 Å². The Morgan fingerprint density at radius 3 is 2.60 bits per heavy atom. The van der Waals surface area contributed by atoms with E-state index in [2.05, 4.69) is 4.98 Å². The van der Waals surface area contributed by atoms with Gasteiger partial charge in [0.05, 0.1) is 5.52 Å². The summed E-state index contributed by atoms with van der Waals surface area (Å²) in [5.41, 5.74) is 0.115. The lowest BCUT2D eigenvalue weighted by Gasteiger charge is -2.08. The first-order valence-corrected chi connectivity index (χ1v) is 4.39. The zero-order valence-electron chi connectivity index (χ0n) is 8.26. The molecule has 0 saturated carbocycles. The molecular weight excluding hydrogens is 205 g/mol. The van der Waals surface area contributed by atoms with Crippen LogP contribution in [0.3, 0.4) is 0 Å². The molecule has 2 rings (SSSR count). The number of hydrogen-bond acceptors (Lipinski definition) is 1.